The van der Waals surface area contributed by atoms with Crippen molar-refractivity contribution in [1.29, 1.82) is 0 Å². The maximum atomic E-state index is 13.1. The average Bonchev–Trinajstić information content (AvgIpc) is 2.37. The van der Waals surface area contributed by atoms with Crippen molar-refractivity contribution in [2.45, 2.75) is 39.2 Å². The predicted octanol–water partition coefficient (Wildman–Crippen LogP) is 3.28. The molecule has 3 nitrogen and oxygen atoms in total. The van der Waals surface area contributed by atoms with Gasteiger partial charge in [-0.05, 0) is 37.1 Å². The lowest BCUT2D eigenvalue weighted by molar-refractivity contribution is -0.141. The smallest absolute Gasteiger partial charge is 0.328 e. The number of aryl methyl sites for hydroxylation is 1. The van der Waals surface area contributed by atoms with Gasteiger partial charge >= 0.3 is 5.97 Å². The third kappa shape index (κ3) is 4.02. The highest BCUT2D eigenvalue weighted by Gasteiger charge is 2.18. The predicted molar refractivity (Wildman–Crippen MR) is 70.1 cm³/mol. The number of hydrogen-bond acceptors (Lipinski definition) is 3. The number of carbonyl (C=O) groups excluding carboxylic acids is 1. The summed E-state index contributed by atoms with van der Waals surface area (Å²) in [5.41, 5.74) is 1.29. The van der Waals surface area contributed by atoms with Gasteiger partial charge in [0.1, 0.15) is 11.9 Å². The van der Waals surface area contributed by atoms with E-state index in [-0.39, 0.29) is 17.8 Å². The quantitative estimate of drug-likeness (QED) is 0.791. The van der Waals surface area contributed by atoms with Crippen molar-refractivity contribution < 1.29 is 13.9 Å². The number of anilines is 1. The molecule has 1 aromatic rings. The number of ether oxygens (including phenoxy) is 1. The Bertz CT molecular complexity index is 407. The Morgan fingerprint density at radius 1 is 1.50 bits per heavy atom. The molecule has 0 aliphatic heterocycles. The Morgan fingerprint density at radius 2 is 2.22 bits per heavy atom. The van der Waals surface area contributed by atoms with Gasteiger partial charge in [-0.15, -0.1) is 0 Å². The van der Waals surface area contributed by atoms with Gasteiger partial charge in [-0.1, -0.05) is 19.8 Å². The van der Waals surface area contributed by atoms with Gasteiger partial charge in [-0.25, -0.2) is 9.18 Å². The maximum Gasteiger partial charge on any atom is 0.328 e. The lowest BCUT2D eigenvalue weighted by Crippen LogP contribution is -2.30. The number of hydrogen-bond donors (Lipinski definition) is 1. The second-order valence-corrected chi connectivity index (χ2v) is 4.33. The van der Waals surface area contributed by atoms with Gasteiger partial charge in [0.2, 0.25) is 0 Å². The minimum Gasteiger partial charge on any atom is -0.467 e. The normalized spacial score (nSPS) is 12.0. The van der Waals surface area contributed by atoms with E-state index in [0.717, 1.165) is 18.5 Å². The molecule has 0 fully saturated rings. The van der Waals surface area contributed by atoms with E-state index in [2.05, 4.69) is 12.2 Å². The Labute approximate surface area is 107 Å². The first kappa shape index (κ1) is 14.5. The number of rotatable bonds is 6. The Balaban J connectivity index is 2.75. The van der Waals surface area contributed by atoms with E-state index in [1.165, 1.54) is 13.2 Å². The van der Waals surface area contributed by atoms with Gasteiger partial charge in [0.15, 0.2) is 0 Å². The highest BCUT2D eigenvalue weighted by atomic mass is 19.1. The lowest BCUT2D eigenvalue weighted by Gasteiger charge is -2.17. The van der Waals surface area contributed by atoms with Crippen LogP contribution in [0.15, 0.2) is 18.2 Å². The molecule has 0 aliphatic carbocycles. The van der Waals surface area contributed by atoms with E-state index in [1.807, 2.05) is 0 Å². The van der Waals surface area contributed by atoms with Crippen LogP contribution in [-0.2, 0) is 9.53 Å². The van der Waals surface area contributed by atoms with Gasteiger partial charge < -0.3 is 10.1 Å². The van der Waals surface area contributed by atoms with E-state index in [0.29, 0.717) is 12.0 Å². The third-order valence-electron chi connectivity index (χ3n) is 2.83. The van der Waals surface area contributed by atoms with E-state index in [4.69, 9.17) is 4.74 Å². The fourth-order valence-corrected chi connectivity index (χ4v) is 1.74. The van der Waals surface area contributed by atoms with Crippen LogP contribution in [0.25, 0.3) is 0 Å². The number of nitrogens with one attached hydrogen (secondary N) is 1. The Morgan fingerprint density at radius 3 is 2.78 bits per heavy atom. The van der Waals surface area contributed by atoms with Crippen molar-refractivity contribution in [1.82, 2.24) is 0 Å². The first-order valence-corrected chi connectivity index (χ1v) is 6.19. The molecular weight excluding hydrogens is 233 g/mol. The van der Waals surface area contributed by atoms with Gasteiger partial charge in [0.05, 0.1) is 7.11 Å². The summed E-state index contributed by atoms with van der Waals surface area (Å²) < 4.78 is 17.9. The molecule has 0 aliphatic rings. The zero-order chi connectivity index (χ0) is 13.5. The van der Waals surface area contributed by atoms with Crippen LogP contribution in [0.3, 0.4) is 0 Å². The molecule has 1 N–H and O–H groups in total. The third-order valence-corrected chi connectivity index (χ3v) is 2.83. The monoisotopic (exact) mass is 253 g/mol. The molecule has 1 rings (SSSR count). The first-order valence-electron chi connectivity index (χ1n) is 6.19. The molecular formula is C14H20FNO2. The van der Waals surface area contributed by atoms with Crippen molar-refractivity contribution >= 4 is 11.7 Å². The highest BCUT2D eigenvalue weighted by molar-refractivity contribution is 5.79. The van der Waals surface area contributed by atoms with E-state index in [9.17, 15) is 9.18 Å². The molecule has 0 heterocycles. The molecule has 4 heteroatoms. The summed E-state index contributed by atoms with van der Waals surface area (Å²) in [7, 11) is 1.37. The highest BCUT2D eigenvalue weighted by Crippen LogP contribution is 2.16. The van der Waals surface area contributed by atoms with Crippen molar-refractivity contribution in [3.8, 4) is 0 Å². The molecule has 1 aromatic carbocycles. The van der Waals surface area contributed by atoms with Crippen molar-refractivity contribution in [2.24, 2.45) is 0 Å². The maximum absolute atomic E-state index is 13.1. The minimum absolute atomic E-state index is 0.247. The molecule has 0 radical (unpaired) electrons. The molecule has 0 saturated heterocycles. The minimum atomic E-state index is -0.375. The molecule has 0 spiro atoms. The second-order valence-electron chi connectivity index (χ2n) is 4.33. The lowest BCUT2D eigenvalue weighted by atomic mass is 10.1. The molecule has 0 amide bonds. The second kappa shape index (κ2) is 6.99. The van der Waals surface area contributed by atoms with Gasteiger partial charge in [0, 0.05) is 5.69 Å². The zero-order valence-electron chi connectivity index (χ0n) is 11.1. The van der Waals surface area contributed by atoms with Crippen LogP contribution in [0.2, 0.25) is 0 Å². The van der Waals surface area contributed by atoms with Crippen molar-refractivity contribution in [3.05, 3.63) is 29.6 Å². The summed E-state index contributed by atoms with van der Waals surface area (Å²) in [5, 5.41) is 3.09. The number of carbonyl (C=O) groups is 1. The molecule has 100 valence electrons. The topological polar surface area (TPSA) is 38.3 Å². The van der Waals surface area contributed by atoms with Crippen molar-refractivity contribution in [2.75, 3.05) is 12.4 Å². The summed E-state index contributed by atoms with van der Waals surface area (Å²) in [5.74, 6) is -0.533. The molecule has 1 unspecified atom stereocenters. The number of halogens is 1. The fraction of sp³-hybridized carbons (Fsp3) is 0.500. The van der Waals surface area contributed by atoms with Gasteiger partial charge in [-0.3, -0.25) is 0 Å². The Kier molecular flexibility index (Phi) is 5.62. The molecule has 0 bridgehead atoms. The van der Waals surface area contributed by atoms with Gasteiger partial charge in [-0.2, -0.15) is 0 Å². The molecule has 18 heavy (non-hydrogen) atoms. The molecule has 0 aromatic heterocycles. The van der Waals surface area contributed by atoms with E-state index in [1.54, 1.807) is 19.1 Å². The van der Waals surface area contributed by atoms with Crippen LogP contribution in [0, 0.1) is 12.7 Å². The van der Waals surface area contributed by atoms with E-state index >= 15 is 0 Å². The number of methoxy groups -OCH3 is 1. The van der Waals surface area contributed by atoms with Gasteiger partial charge in [0.25, 0.3) is 0 Å². The summed E-state index contributed by atoms with van der Waals surface area (Å²) in [6.07, 6.45) is 2.66. The van der Waals surface area contributed by atoms with Crippen LogP contribution in [-0.4, -0.2) is 19.1 Å². The van der Waals surface area contributed by atoms with Crippen LogP contribution in [0.4, 0.5) is 10.1 Å². The average molecular weight is 253 g/mol. The largest absolute Gasteiger partial charge is 0.467 e. The molecule has 0 saturated carbocycles. The standard InChI is InChI=1S/C14H20FNO2/c1-4-5-6-13(14(17)18-3)16-11-7-8-12(15)10(2)9-11/h7-9,13,16H,4-6H2,1-3H3. The van der Waals surface area contributed by atoms with E-state index < -0.39 is 0 Å². The molecule has 1 atom stereocenters. The SMILES string of the molecule is CCCCC(Nc1ccc(F)c(C)c1)C(=O)OC. The fourth-order valence-electron chi connectivity index (χ4n) is 1.74. The van der Waals surface area contributed by atoms with Crippen LogP contribution in [0.1, 0.15) is 31.7 Å². The van der Waals surface area contributed by atoms with Crippen LogP contribution in [0.5, 0.6) is 0 Å². The van der Waals surface area contributed by atoms with Crippen LogP contribution < -0.4 is 5.32 Å². The van der Waals surface area contributed by atoms with Crippen molar-refractivity contribution in [3.63, 3.8) is 0 Å². The van der Waals surface area contributed by atoms with Crippen LogP contribution >= 0.6 is 0 Å². The summed E-state index contributed by atoms with van der Waals surface area (Å²) in [4.78, 5) is 11.6. The summed E-state index contributed by atoms with van der Waals surface area (Å²) >= 11 is 0. The summed E-state index contributed by atoms with van der Waals surface area (Å²) in [6, 6.07) is 4.34. The Hall–Kier alpha value is -1.58. The first-order chi connectivity index (χ1) is 8.58. The number of benzene rings is 1. The number of esters is 1. The summed E-state index contributed by atoms with van der Waals surface area (Å²) in [6.45, 7) is 3.76. The number of unbranched alkanes of at least 4 members (excludes halogenated alkanes) is 1. The zero-order valence-corrected chi connectivity index (χ0v) is 11.1.